The number of anilines is 1. The van der Waals surface area contributed by atoms with Crippen LogP contribution in [0.5, 0.6) is 0 Å². The van der Waals surface area contributed by atoms with Crippen molar-refractivity contribution in [3.63, 3.8) is 0 Å². The minimum Gasteiger partial charge on any atom is -0.381 e. The van der Waals surface area contributed by atoms with E-state index in [0.717, 1.165) is 25.2 Å². The lowest BCUT2D eigenvalue weighted by Gasteiger charge is -2.08. The van der Waals surface area contributed by atoms with E-state index in [2.05, 4.69) is 47.0 Å². The Bertz CT molecular complexity index is 552. The van der Waals surface area contributed by atoms with Gasteiger partial charge in [-0.3, -0.25) is 4.79 Å². The van der Waals surface area contributed by atoms with Crippen LogP contribution in [0.25, 0.3) is 0 Å². The number of primary amides is 1. The van der Waals surface area contributed by atoms with Crippen LogP contribution in [0.15, 0.2) is 54.6 Å². The first-order chi connectivity index (χ1) is 10.2. The summed E-state index contributed by atoms with van der Waals surface area (Å²) in [5, 5.41) is 6.40. The van der Waals surface area contributed by atoms with Gasteiger partial charge in [0.1, 0.15) is 0 Å². The maximum Gasteiger partial charge on any atom is 0.231 e. The van der Waals surface area contributed by atoms with Crippen LogP contribution in [0.1, 0.15) is 11.1 Å². The summed E-state index contributed by atoms with van der Waals surface area (Å²) in [4.78, 5) is 10.6. The summed E-state index contributed by atoms with van der Waals surface area (Å²) >= 11 is 0. The molecule has 2 rings (SSSR count). The summed E-state index contributed by atoms with van der Waals surface area (Å²) in [6.07, 6.45) is 0.881. The maximum atomic E-state index is 10.6. The molecule has 2 aromatic carbocycles. The molecule has 0 aliphatic rings. The standard InChI is InChI=1S/C17H21N3O/c18-17(21)13-19-11-10-14-6-8-16(9-7-14)20-12-15-4-2-1-3-5-15/h1-9,19-20H,10-13H2,(H2,18,21). The Kier molecular flexibility index (Phi) is 5.79. The maximum absolute atomic E-state index is 10.6. The zero-order valence-corrected chi connectivity index (χ0v) is 12.0. The molecule has 4 nitrogen and oxygen atoms in total. The molecule has 0 aliphatic carbocycles. The highest BCUT2D eigenvalue weighted by Crippen LogP contribution is 2.11. The van der Waals surface area contributed by atoms with E-state index in [0.29, 0.717) is 0 Å². The van der Waals surface area contributed by atoms with Crippen molar-refractivity contribution in [1.29, 1.82) is 0 Å². The van der Waals surface area contributed by atoms with Gasteiger partial charge in [-0.1, -0.05) is 42.5 Å². The van der Waals surface area contributed by atoms with E-state index in [4.69, 9.17) is 5.73 Å². The van der Waals surface area contributed by atoms with Crippen molar-refractivity contribution in [3.8, 4) is 0 Å². The van der Waals surface area contributed by atoms with E-state index in [1.165, 1.54) is 11.1 Å². The topological polar surface area (TPSA) is 67.2 Å². The Morgan fingerprint density at radius 1 is 0.952 bits per heavy atom. The van der Waals surface area contributed by atoms with Crippen molar-refractivity contribution >= 4 is 11.6 Å². The Labute approximate surface area is 125 Å². The smallest absolute Gasteiger partial charge is 0.231 e. The van der Waals surface area contributed by atoms with Gasteiger partial charge in [-0.05, 0) is 36.2 Å². The molecule has 0 aromatic heterocycles. The van der Waals surface area contributed by atoms with Gasteiger partial charge in [0.2, 0.25) is 5.91 Å². The Hall–Kier alpha value is -2.33. The average Bonchev–Trinajstić information content (AvgIpc) is 2.51. The summed E-state index contributed by atoms with van der Waals surface area (Å²) in [6, 6.07) is 18.7. The van der Waals surface area contributed by atoms with Crippen LogP contribution >= 0.6 is 0 Å². The fraction of sp³-hybridized carbons (Fsp3) is 0.235. The second-order valence-electron chi connectivity index (χ2n) is 4.93. The van der Waals surface area contributed by atoms with Crippen LogP contribution in [0, 0.1) is 0 Å². The van der Waals surface area contributed by atoms with Crippen molar-refractivity contribution in [2.75, 3.05) is 18.4 Å². The Morgan fingerprint density at radius 2 is 1.67 bits per heavy atom. The number of carbonyl (C=O) groups is 1. The molecule has 4 N–H and O–H groups in total. The van der Waals surface area contributed by atoms with Gasteiger partial charge in [0.25, 0.3) is 0 Å². The number of rotatable bonds is 8. The molecule has 0 spiro atoms. The Balaban J connectivity index is 1.75. The largest absolute Gasteiger partial charge is 0.381 e. The van der Waals surface area contributed by atoms with E-state index < -0.39 is 0 Å². The van der Waals surface area contributed by atoms with E-state index in [-0.39, 0.29) is 12.5 Å². The molecule has 0 atom stereocenters. The average molecular weight is 283 g/mol. The molecule has 0 saturated heterocycles. The monoisotopic (exact) mass is 283 g/mol. The van der Waals surface area contributed by atoms with E-state index in [1.54, 1.807) is 0 Å². The molecule has 1 amide bonds. The lowest BCUT2D eigenvalue weighted by atomic mass is 10.1. The molecule has 0 unspecified atom stereocenters. The first kappa shape index (κ1) is 15.1. The number of hydrogen-bond acceptors (Lipinski definition) is 3. The predicted octanol–water partition coefficient (Wildman–Crippen LogP) is 1.92. The van der Waals surface area contributed by atoms with E-state index in [1.807, 2.05) is 18.2 Å². The molecule has 0 fully saturated rings. The first-order valence-corrected chi connectivity index (χ1v) is 7.10. The number of benzene rings is 2. The highest BCUT2D eigenvalue weighted by molar-refractivity contribution is 5.75. The van der Waals surface area contributed by atoms with Crippen LogP contribution in [-0.4, -0.2) is 19.0 Å². The number of amides is 1. The molecule has 110 valence electrons. The normalized spacial score (nSPS) is 10.3. The molecular weight excluding hydrogens is 262 g/mol. The van der Waals surface area contributed by atoms with Crippen LogP contribution in [-0.2, 0) is 17.8 Å². The summed E-state index contributed by atoms with van der Waals surface area (Å²) in [5.74, 6) is -0.324. The fourth-order valence-electron chi connectivity index (χ4n) is 2.03. The second kappa shape index (κ2) is 8.07. The zero-order chi connectivity index (χ0) is 14.9. The van der Waals surface area contributed by atoms with Gasteiger partial charge in [0.15, 0.2) is 0 Å². The summed E-state index contributed by atoms with van der Waals surface area (Å²) in [7, 11) is 0. The molecule has 0 bridgehead atoms. The number of nitrogens with one attached hydrogen (secondary N) is 2. The quantitative estimate of drug-likeness (QED) is 0.648. The van der Waals surface area contributed by atoms with Crippen molar-refractivity contribution in [3.05, 3.63) is 65.7 Å². The van der Waals surface area contributed by atoms with Crippen molar-refractivity contribution < 1.29 is 4.79 Å². The van der Waals surface area contributed by atoms with Gasteiger partial charge >= 0.3 is 0 Å². The predicted molar refractivity (Wildman–Crippen MR) is 86.0 cm³/mol. The number of nitrogens with two attached hydrogens (primary N) is 1. The van der Waals surface area contributed by atoms with Gasteiger partial charge in [-0.25, -0.2) is 0 Å². The lowest BCUT2D eigenvalue weighted by molar-refractivity contribution is -0.117. The van der Waals surface area contributed by atoms with Crippen LogP contribution in [0.4, 0.5) is 5.69 Å². The summed E-state index contributed by atoms with van der Waals surface area (Å²) in [5.41, 5.74) is 8.66. The van der Waals surface area contributed by atoms with Gasteiger partial charge in [0.05, 0.1) is 6.54 Å². The van der Waals surface area contributed by atoms with Crippen LogP contribution < -0.4 is 16.4 Å². The first-order valence-electron chi connectivity index (χ1n) is 7.10. The highest BCUT2D eigenvalue weighted by Gasteiger charge is 1.97. The molecular formula is C17H21N3O. The minimum absolute atomic E-state index is 0.233. The molecule has 0 saturated carbocycles. The molecule has 0 aliphatic heterocycles. The number of hydrogen-bond donors (Lipinski definition) is 3. The Morgan fingerprint density at radius 3 is 2.33 bits per heavy atom. The van der Waals surface area contributed by atoms with Crippen LogP contribution in [0.3, 0.4) is 0 Å². The molecule has 0 heterocycles. The third-order valence-electron chi connectivity index (χ3n) is 3.18. The minimum atomic E-state index is -0.324. The van der Waals surface area contributed by atoms with E-state index >= 15 is 0 Å². The SMILES string of the molecule is NC(=O)CNCCc1ccc(NCc2ccccc2)cc1. The second-order valence-corrected chi connectivity index (χ2v) is 4.93. The molecule has 21 heavy (non-hydrogen) atoms. The zero-order valence-electron chi connectivity index (χ0n) is 12.0. The van der Waals surface area contributed by atoms with E-state index in [9.17, 15) is 4.79 Å². The number of carbonyl (C=O) groups excluding carboxylic acids is 1. The highest BCUT2D eigenvalue weighted by atomic mass is 16.1. The van der Waals surface area contributed by atoms with Gasteiger partial charge in [-0.2, -0.15) is 0 Å². The summed E-state index contributed by atoms with van der Waals surface area (Å²) in [6.45, 7) is 1.80. The lowest BCUT2D eigenvalue weighted by Crippen LogP contribution is -2.29. The third-order valence-corrected chi connectivity index (χ3v) is 3.18. The van der Waals surface area contributed by atoms with Gasteiger partial charge in [-0.15, -0.1) is 0 Å². The summed E-state index contributed by atoms with van der Waals surface area (Å²) < 4.78 is 0. The van der Waals surface area contributed by atoms with Gasteiger partial charge < -0.3 is 16.4 Å². The molecule has 0 radical (unpaired) electrons. The van der Waals surface area contributed by atoms with Crippen molar-refractivity contribution in [2.24, 2.45) is 5.73 Å². The van der Waals surface area contributed by atoms with Crippen molar-refractivity contribution in [2.45, 2.75) is 13.0 Å². The van der Waals surface area contributed by atoms with Crippen molar-refractivity contribution in [1.82, 2.24) is 5.32 Å². The van der Waals surface area contributed by atoms with Gasteiger partial charge in [0, 0.05) is 12.2 Å². The van der Waals surface area contributed by atoms with Crippen LogP contribution in [0.2, 0.25) is 0 Å². The third kappa shape index (κ3) is 5.67. The molecule has 4 heteroatoms. The fourth-order valence-corrected chi connectivity index (χ4v) is 2.03. The molecule has 2 aromatic rings.